The van der Waals surface area contributed by atoms with Gasteiger partial charge in [-0.25, -0.2) is 4.79 Å². The first-order chi connectivity index (χ1) is 22.7. The largest absolute Gasteiger partial charge is 0.397 e. The summed E-state index contributed by atoms with van der Waals surface area (Å²) in [5.41, 5.74) is 11.0. The minimum atomic E-state index is -0.255. The number of benzene rings is 1. The molecule has 4 aliphatic rings. The molecule has 0 unspecified atom stereocenters. The zero-order valence-corrected chi connectivity index (χ0v) is 29.6. The number of nitrogens with zero attached hydrogens (tertiary/aromatic N) is 5. The summed E-state index contributed by atoms with van der Waals surface area (Å²) in [6.07, 6.45) is 6.42. The Kier molecular flexibility index (Phi) is 11.0. The molecule has 3 fully saturated rings. The molecule has 1 aromatic heterocycles. The molecule has 0 aliphatic carbocycles. The number of amides is 3. The van der Waals surface area contributed by atoms with Gasteiger partial charge in [-0.05, 0) is 93.2 Å². The first-order valence-corrected chi connectivity index (χ1v) is 18.8. The van der Waals surface area contributed by atoms with Crippen molar-refractivity contribution in [3.63, 3.8) is 0 Å². The number of nitrogens with one attached hydrogen (secondary N) is 2. The number of nitrogens with two attached hydrogens (primary N) is 1. The third-order valence-electron chi connectivity index (χ3n) is 10.9. The van der Waals surface area contributed by atoms with E-state index >= 15 is 0 Å². The Hall–Kier alpha value is -2.86. The lowest BCUT2D eigenvalue weighted by Gasteiger charge is -2.43. The lowest BCUT2D eigenvalue weighted by molar-refractivity contribution is -0.133. The number of nitrogen functional groups attached to an aromatic ring is 1. The van der Waals surface area contributed by atoms with Gasteiger partial charge in [0.05, 0.1) is 22.2 Å². The minimum absolute atomic E-state index is 0.0371. The van der Waals surface area contributed by atoms with Crippen molar-refractivity contribution in [2.75, 3.05) is 77.0 Å². The van der Waals surface area contributed by atoms with E-state index in [2.05, 4.69) is 45.4 Å². The number of piperazine rings is 1. The van der Waals surface area contributed by atoms with E-state index in [0.29, 0.717) is 48.6 Å². The molecule has 0 spiro atoms. The van der Waals surface area contributed by atoms with Crippen LogP contribution in [0.1, 0.15) is 55.7 Å². The third kappa shape index (κ3) is 7.90. The number of carbonyl (C=O) groups excluding carboxylic acids is 2. The third-order valence-corrected chi connectivity index (χ3v) is 12.0. The predicted octanol–water partition coefficient (Wildman–Crippen LogP) is 4.87. The maximum Gasteiger partial charge on any atom is 0.322 e. The van der Waals surface area contributed by atoms with E-state index in [-0.39, 0.29) is 30.3 Å². The molecule has 6 rings (SSSR count). The first kappa shape index (κ1) is 34.0. The Morgan fingerprint density at radius 2 is 1.70 bits per heavy atom. The van der Waals surface area contributed by atoms with Gasteiger partial charge in [0.25, 0.3) is 0 Å². The summed E-state index contributed by atoms with van der Waals surface area (Å²) >= 11 is 8.17. The molecular weight excluding hydrogens is 632 g/mol. The second-order valence-electron chi connectivity index (χ2n) is 13.8. The van der Waals surface area contributed by atoms with Crippen LogP contribution in [0.5, 0.6) is 0 Å². The van der Waals surface area contributed by atoms with E-state index in [4.69, 9.17) is 17.3 Å². The zero-order valence-electron chi connectivity index (χ0n) is 28.0. The Morgan fingerprint density at radius 1 is 1.00 bits per heavy atom. The number of amidine groups is 1. The van der Waals surface area contributed by atoms with Crippen molar-refractivity contribution >= 4 is 52.1 Å². The van der Waals surface area contributed by atoms with Crippen LogP contribution in [0.3, 0.4) is 0 Å². The van der Waals surface area contributed by atoms with Crippen molar-refractivity contribution in [3.05, 3.63) is 44.6 Å². The fourth-order valence-electron chi connectivity index (χ4n) is 7.92. The topological polar surface area (TPSA) is 112 Å². The van der Waals surface area contributed by atoms with Gasteiger partial charge in [0.15, 0.2) is 0 Å². The monoisotopic (exact) mass is 682 g/mol. The molecule has 3 saturated heterocycles. The highest BCUT2D eigenvalue weighted by atomic mass is 35.5. The smallest absolute Gasteiger partial charge is 0.322 e. The predicted molar refractivity (Wildman–Crippen MR) is 192 cm³/mol. The lowest BCUT2D eigenvalue weighted by Crippen LogP contribution is -2.55. The molecule has 5 heterocycles. The summed E-state index contributed by atoms with van der Waals surface area (Å²) in [6, 6.07) is 4.72. The quantitative estimate of drug-likeness (QED) is 0.208. The van der Waals surface area contributed by atoms with Crippen molar-refractivity contribution in [2.24, 2.45) is 5.92 Å². The standard InChI is InChI=1S/C35H51ClN8O2S/c1-3-25-18-24(20-30(36)33(25)37)19-27(34(38)43-16-14-41(15-17-43)28-5-9-40(2)10-6-28)21-32(45)42-11-7-29(8-12-42)44-13-4-26-22-47-23-31(26)39-35(44)46/h18,20,22-23,27-29,38H,3-17,19,21,37H2,1-2H3,(H,39,46)/t27-/m0/s1. The van der Waals surface area contributed by atoms with Gasteiger partial charge in [0, 0.05) is 75.6 Å². The summed E-state index contributed by atoms with van der Waals surface area (Å²) in [5.74, 6) is 0.383. The van der Waals surface area contributed by atoms with Gasteiger partial charge >= 0.3 is 6.03 Å². The van der Waals surface area contributed by atoms with Crippen LogP contribution in [0.4, 0.5) is 16.2 Å². The summed E-state index contributed by atoms with van der Waals surface area (Å²) < 4.78 is 0. The van der Waals surface area contributed by atoms with Crippen LogP contribution >= 0.6 is 22.9 Å². The molecule has 0 bridgehead atoms. The Morgan fingerprint density at radius 3 is 2.40 bits per heavy atom. The van der Waals surface area contributed by atoms with Gasteiger partial charge in [-0.1, -0.05) is 24.6 Å². The number of anilines is 2. The Balaban J connectivity index is 1.09. The summed E-state index contributed by atoms with van der Waals surface area (Å²) in [6.45, 7) is 9.84. The molecule has 256 valence electrons. The van der Waals surface area contributed by atoms with Gasteiger partial charge in [0.2, 0.25) is 5.91 Å². The van der Waals surface area contributed by atoms with E-state index < -0.39 is 0 Å². The highest BCUT2D eigenvalue weighted by Crippen LogP contribution is 2.30. The average Bonchev–Trinajstić information content (AvgIpc) is 3.46. The number of carbonyl (C=O) groups is 2. The van der Waals surface area contributed by atoms with Crippen LogP contribution in [0, 0.1) is 11.3 Å². The van der Waals surface area contributed by atoms with Gasteiger partial charge in [-0.2, -0.15) is 0 Å². The van der Waals surface area contributed by atoms with Crippen LogP contribution in [0.15, 0.2) is 22.9 Å². The van der Waals surface area contributed by atoms with Crippen LogP contribution in [-0.2, 0) is 24.1 Å². The fourth-order valence-corrected chi connectivity index (χ4v) is 9.00. The fraction of sp³-hybridized carbons (Fsp3) is 0.629. The molecule has 0 radical (unpaired) electrons. The molecule has 4 aliphatic heterocycles. The lowest BCUT2D eigenvalue weighted by atomic mass is 9.91. The summed E-state index contributed by atoms with van der Waals surface area (Å²) in [7, 11) is 2.20. The maximum absolute atomic E-state index is 13.9. The number of hydrogen-bond donors (Lipinski definition) is 3. The molecule has 2 aromatic rings. The van der Waals surface area contributed by atoms with Gasteiger partial charge in [-0.3, -0.25) is 15.1 Å². The van der Waals surface area contributed by atoms with Crippen LogP contribution < -0.4 is 11.1 Å². The Bertz CT molecular complexity index is 1430. The van der Waals surface area contributed by atoms with Crippen molar-refractivity contribution < 1.29 is 9.59 Å². The molecule has 12 heteroatoms. The number of halogens is 1. The SMILES string of the molecule is CCc1cc(C[C@@H](CC(=O)N2CCC(N3CCc4cscc4NC3=O)CC2)C(=N)N2CCN(C3CCN(C)CC3)CC2)cc(Cl)c1N. The van der Waals surface area contributed by atoms with Crippen LogP contribution in [-0.4, -0.2) is 120 Å². The number of fused-ring (bicyclic) bond motifs is 1. The second kappa shape index (κ2) is 15.1. The summed E-state index contributed by atoms with van der Waals surface area (Å²) in [4.78, 5) is 38.1. The number of rotatable bonds is 8. The molecule has 10 nitrogen and oxygen atoms in total. The van der Waals surface area contributed by atoms with Crippen LogP contribution in [0.25, 0.3) is 0 Å². The highest BCUT2D eigenvalue weighted by molar-refractivity contribution is 7.08. The molecule has 1 atom stereocenters. The van der Waals surface area contributed by atoms with Crippen LogP contribution in [0.2, 0.25) is 5.02 Å². The summed E-state index contributed by atoms with van der Waals surface area (Å²) in [5, 5.41) is 17.1. The number of urea groups is 1. The maximum atomic E-state index is 13.9. The number of hydrogen-bond acceptors (Lipinski definition) is 7. The number of piperidine rings is 2. The second-order valence-corrected chi connectivity index (χ2v) is 15.0. The zero-order chi connectivity index (χ0) is 33.1. The number of likely N-dealkylation sites (tertiary alicyclic amines) is 2. The molecular formula is C35H51ClN8O2S. The first-order valence-electron chi connectivity index (χ1n) is 17.4. The Labute approximate surface area is 288 Å². The van der Waals surface area contributed by atoms with Crippen molar-refractivity contribution in [3.8, 4) is 0 Å². The minimum Gasteiger partial charge on any atom is -0.397 e. The highest BCUT2D eigenvalue weighted by Gasteiger charge is 2.34. The van der Waals surface area contributed by atoms with E-state index in [1.165, 1.54) is 18.4 Å². The van der Waals surface area contributed by atoms with Gasteiger partial charge in [0.1, 0.15) is 0 Å². The number of thiophene rings is 1. The molecule has 47 heavy (non-hydrogen) atoms. The molecule has 1 aromatic carbocycles. The van der Waals surface area contributed by atoms with E-state index in [1.54, 1.807) is 11.3 Å². The van der Waals surface area contributed by atoms with E-state index in [9.17, 15) is 15.0 Å². The van der Waals surface area contributed by atoms with Crippen molar-refractivity contribution in [1.29, 1.82) is 5.41 Å². The van der Waals surface area contributed by atoms with Gasteiger partial charge < -0.3 is 30.7 Å². The van der Waals surface area contributed by atoms with E-state index in [0.717, 1.165) is 81.8 Å². The van der Waals surface area contributed by atoms with Crippen molar-refractivity contribution in [1.82, 2.24) is 24.5 Å². The molecule has 4 N–H and O–H groups in total. The molecule has 3 amide bonds. The molecule has 0 saturated carbocycles. The number of aryl methyl sites for hydroxylation is 1. The van der Waals surface area contributed by atoms with Crippen molar-refractivity contribution in [2.45, 2.75) is 70.4 Å². The average molecular weight is 683 g/mol. The van der Waals surface area contributed by atoms with Gasteiger partial charge in [-0.15, -0.1) is 11.3 Å². The normalized spacial score (nSPS) is 21.3. The van der Waals surface area contributed by atoms with E-state index in [1.807, 2.05) is 21.2 Å².